The van der Waals surface area contributed by atoms with Gasteiger partial charge in [-0.05, 0) is 120 Å². The van der Waals surface area contributed by atoms with Gasteiger partial charge < -0.3 is 0 Å². The van der Waals surface area contributed by atoms with Crippen LogP contribution in [0.15, 0.2) is 47.9 Å². The zero-order valence-electron chi connectivity index (χ0n) is 16.9. The fourth-order valence-corrected chi connectivity index (χ4v) is 5.13. The lowest BCUT2D eigenvalue weighted by molar-refractivity contribution is 0.590. The highest BCUT2D eigenvalue weighted by Crippen LogP contribution is 2.35. The van der Waals surface area contributed by atoms with Gasteiger partial charge in [-0.3, -0.25) is 0 Å². The molecule has 1 atom stereocenters. The lowest BCUT2D eigenvalue weighted by Crippen LogP contribution is -2.07. The molecule has 0 saturated heterocycles. The number of rotatable bonds is 5. The molecule has 0 aromatic heterocycles. The van der Waals surface area contributed by atoms with Gasteiger partial charge in [-0.25, -0.2) is 0 Å². The highest BCUT2D eigenvalue weighted by atomic mass is 127. The minimum atomic E-state index is 0.677. The molecule has 0 radical (unpaired) electrons. The number of allylic oxidation sites excluding steroid dienone is 1. The van der Waals surface area contributed by atoms with E-state index in [9.17, 15) is 0 Å². The third kappa shape index (κ3) is 5.08. The summed E-state index contributed by atoms with van der Waals surface area (Å²) in [6, 6.07) is 11.6. The Bertz CT molecular complexity index is 891. The number of hydrogen-bond donors (Lipinski definition) is 0. The Labute approximate surface area is 182 Å². The summed E-state index contributed by atoms with van der Waals surface area (Å²) < 4.78 is 1.35. The smallest absolute Gasteiger partial charge is 0.0162 e. The van der Waals surface area contributed by atoms with Crippen molar-refractivity contribution in [3.8, 4) is 0 Å². The molecule has 142 valence electrons. The van der Waals surface area contributed by atoms with Crippen LogP contribution in [0.25, 0.3) is 4.91 Å². The fraction of sp³-hybridized carbons (Fsp3) is 0.360. The van der Waals surface area contributed by atoms with Crippen molar-refractivity contribution in [1.82, 2.24) is 0 Å². The van der Waals surface area contributed by atoms with Crippen molar-refractivity contribution in [3.05, 3.63) is 84.8 Å². The Morgan fingerprint density at radius 3 is 2.78 bits per heavy atom. The average molecular weight is 488 g/mol. The van der Waals surface area contributed by atoms with E-state index in [1.54, 1.807) is 11.8 Å². The van der Waals surface area contributed by atoms with Crippen molar-refractivity contribution in [2.75, 3.05) is 0 Å². The van der Waals surface area contributed by atoms with E-state index in [1.807, 2.05) is 0 Å². The molecule has 0 nitrogen and oxygen atoms in total. The summed E-state index contributed by atoms with van der Waals surface area (Å²) in [6.07, 6.45) is 4.87. The molecule has 27 heavy (non-hydrogen) atoms. The van der Waals surface area contributed by atoms with Crippen molar-refractivity contribution in [2.24, 2.45) is 0 Å². The first-order chi connectivity index (χ1) is 12.8. The average Bonchev–Trinajstić information content (AvgIpc) is 2.64. The van der Waals surface area contributed by atoms with Gasteiger partial charge in [0.15, 0.2) is 0 Å². The van der Waals surface area contributed by atoms with Crippen LogP contribution in [0.4, 0.5) is 0 Å². The van der Waals surface area contributed by atoms with Gasteiger partial charge in [-0.15, -0.1) is 0 Å². The summed E-state index contributed by atoms with van der Waals surface area (Å²) in [5.41, 5.74) is 9.90. The van der Waals surface area contributed by atoms with Crippen molar-refractivity contribution in [1.29, 1.82) is 0 Å². The fourth-order valence-electron chi connectivity index (χ4n) is 3.82. The van der Waals surface area contributed by atoms with Crippen LogP contribution in [0.3, 0.4) is 0 Å². The Morgan fingerprint density at radius 2 is 2.00 bits per heavy atom. The van der Waals surface area contributed by atoms with Crippen molar-refractivity contribution in [2.45, 2.75) is 59.3 Å². The normalized spacial score (nSPS) is 16.9. The molecular formula is C25H29IS. The molecule has 0 bridgehead atoms. The molecule has 2 heteroatoms. The van der Waals surface area contributed by atoms with Crippen molar-refractivity contribution in [3.63, 3.8) is 0 Å². The maximum absolute atomic E-state index is 4.34. The number of benzene rings is 2. The van der Waals surface area contributed by atoms with E-state index >= 15 is 0 Å². The molecule has 1 unspecified atom stereocenters. The topological polar surface area (TPSA) is 0 Å². The summed E-state index contributed by atoms with van der Waals surface area (Å²) in [5, 5.41) is 2.28. The largest absolute Gasteiger partial charge is 0.0981 e. The van der Waals surface area contributed by atoms with Crippen LogP contribution in [-0.2, 0) is 12.8 Å². The molecule has 2 aromatic rings. The van der Waals surface area contributed by atoms with E-state index in [4.69, 9.17) is 0 Å². The summed E-state index contributed by atoms with van der Waals surface area (Å²) in [6.45, 7) is 13.3. The number of aryl methyl sites for hydroxylation is 3. The third-order valence-electron chi connectivity index (χ3n) is 5.57. The summed E-state index contributed by atoms with van der Waals surface area (Å²) in [7, 11) is 0. The molecule has 0 fully saturated rings. The maximum Gasteiger partial charge on any atom is 0.0162 e. The van der Waals surface area contributed by atoms with Gasteiger partial charge in [0, 0.05) is 8.48 Å². The Balaban J connectivity index is 1.69. The quantitative estimate of drug-likeness (QED) is 0.382. The second-order valence-electron chi connectivity index (χ2n) is 7.92. The van der Waals surface area contributed by atoms with Crippen LogP contribution < -0.4 is 0 Å². The van der Waals surface area contributed by atoms with Crippen LogP contribution in [0, 0.1) is 17.4 Å². The van der Waals surface area contributed by atoms with Crippen LogP contribution in [-0.4, -0.2) is 0 Å². The lowest BCUT2D eigenvalue weighted by Gasteiger charge is -2.23. The van der Waals surface area contributed by atoms with Crippen LogP contribution in [0.5, 0.6) is 0 Å². The molecule has 0 spiro atoms. The summed E-state index contributed by atoms with van der Waals surface area (Å²) in [4.78, 5) is 1.14. The standard InChI is InChI=1S/C25H29IS/c1-16(11-23-12-19(4)25(26)13-18(23)3)15-27-20(5)22-10-9-21-8-6-7-17(2)24(21)14-22/h9-10,12-15,17H,5-8,11H2,1-4H3/b16-15+. The van der Waals surface area contributed by atoms with Gasteiger partial charge in [-0.2, -0.15) is 0 Å². The first kappa shape index (κ1) is 20.7. The summed E-state index contributed by atoms with van der Waals surface area (Å²) >= 11 is 4.18. The molecule has 3 rings (SSSR count). The van der Waals surface area contributed by atoms with E-state index in [0.29, 0.717) is 5.92 Å². The van der Waals surface area contributed by atoms with Gasteiger partial charge in [0.25, 0.3) is 0 Å². The number of hydrogen-bond acceptors (Lipinski definition) is 1. The molecule has 1 aliphatic rings. The van der Waals surface area contributed by atoms with Crippen molar-refractivity contribution < 1.29 is 0 Å². The first-order valence-electron chi connectivity index (χ1n) is 9.75. The maximum atomic E-state index is 4.34. The Morgan fingerprint density at radius 1 is 1.22 bits per heavy atom. The molecule has 0 N–H and O–H groups in total. The third-order valence-corrected chi connectivity index (χ3v) is 7.77. The molecular weight excluding hydrogens is 459 g/mol. The van der Waals surface area contributed by atoms with Crippen LogP contribution in [0.1, 0.15) is 66.0 Å². The number of halogens is 1. The van der Waals surface area contributed by atoms with E-state index in [-0.39, 0.29) is 0 Å². The van der Waals surface area contributed by atoms with E-state index in [1.165, 1.54) is 61.8 Å². The van der Waals surface area contributed by atoms with Gasteiger partial charge in [-0.1, -0.05) is 55.1 Å². The van der Waals surface area contributed by atoms with Gasteiger partial charge in [0.05, 0.1) is 0 Å². The van der Waals surface area contributed by atoms with Gasteiger partial charge in [0.1, 0.15) is 0 Å². The lowest BCUT2D eigenvalue weighted by atomic mass is 9.83. The minimum absolute atomic E-state index is 0.677. The monoisotopic (exact) mass is 488 g/mol. The predicted molar refractivity (Wildman–Crippen MR) is 131 cm³/mol. The number of fused-ring (bicyclic) bond motifs is 1. The predicted octanol–water partition coefficient (Wildman–Crippen LogP) is 8.20. The zero-order chi connectivity index (χ0) is 19.6. The Kier molecular flexibility index (Phi) is 6.91. The van der Waals surface area contributed by atoms with E-state index in [2.05, 4.69) is 92.6 Å². The molecule has 0 amide bonds. The SMILES string of the molecule is C=C(S/C=C(\C)Cc1cc(C)c(I)cc1C)c1ccc2c(c1)C(C)CCC2. The molecule has 0 saturated carbocycles. The molecule has 0 heterocycles. The molecule has 0 aliphatic heterocycles. The van der Waals surface area contributed by atoms with Crippen LogP contribution >= 0.6 is 34.4 Å². The summed E-state index contributed by atoms with van der Waals surface area (Å²) in [5.74, 6) is 0.677. The van der Waals surface area contributed by atoms with Crippen LogP contribution in [0.2, 0.25) is 0 Å². The molecule has 1 aliphatic carbocycles. The second kappa shape index (κ2) is 9.00. The highest BCUT2D eigenvalue weighted by Gasteiger charge is 2.17. The van der Waals surface area contributed by atoms with E-state index < -0.39 is 0 Å². The van der Waals surface area contributed by atoms with Gasteiger partial charge in [0.2, 0.25) is 0 Å². The zero-order valence-corrected chi connectivity index (χ0v) is 19.8. The minimum Gasteiger partial charge on any atom is -0.0981 e. The van der Waals surface area contributed by atoms with Crippen molar-refractivity contribution >= 4 is 39.3 Å². The first-order valence-corrected chi connectivity index (χ1v) is 11.7. The second-order valence-corrected chi connectivity index (χ2v) is 10.0. The van der Waals surface area contributed by atoms with E-state index in [0.717, 1.165) is 11.3 Å². The highest BCUT2D eigenvalue weighted by molar-refractivity contribution is 14.1. The molecule has 2 aromatic carbocycles. The Hall–Kier alpha value is -1.00. The number of thioether (sulfide) groups is 1. The van der Waals surface area contributed by atoms with Gasteiger partial charge >= 0.3 is 0 Å².